The van der Waals surface area contributed by atoms with Gasteiger partial charge in [-0.2, -0.15) is 4.37 Å². The first-order valence-electron chi connectivity index (χ1n) is 7.31. The van der Waals surface area contributed by atoms with Gasteiger partial charge in [-0.25, -0.2) is 9.37 Å². The highest BCUT2D eigenvalue weighted by molar-refractivity contribution is 7.09. The molecule has 3 aromatic rings. The summed E-state index contributed by atoms with van der Waals surface area (Å²) in [5.41, 5.74) is 1.47. The van der Waals surface area contributed by atoms with Crippen LogP contribution in [0.25, 0.3) is 11.0 Å². The molecule has 0 N–H and O–H groups in total. The van der Waals surface area contributed by atoms with Gasteiger partial charge in [-0.05, 0) is 31.9 Å². The van der Waals surface area contributed by atoms with Gasteiger partial charge in [0, 0.05) is 42.0 Å². The average Bonchev–Trinajstić information content (AvgIpc) is 3.13. The smallest absolute Gasteiger partial charge is 0.205 e. The number of fused-ring (bicyclic) bond motifs is 1. The molecule has 4 rings (SSSR count). The summed E-state index contributed by atoms with van der Waals surface area (Å²) in [6, 6.07) is 4.62. The Kier molecular flexibility index (Phi) is 3.29. The molecule has 0 saturated carbocycles. The van der Waals surface area contributed by atoms with Crippen LogP contribution in [0.15, 0.2) is 22.7 Å². The van der Waals surface area contributed by atoms with E-state index in [-0.39, 0.29) is 5.82 Å². The van der Waals surface area contributed by atoms with Gasteiger partial charge >= 0.3 is 0 Å². The van der Waals surface area contributed by atoms with Gasteiger partial charge in [0.15, 0.2) is 5.58 Å². The average molecular weight is 318 g/mol. The molecule has 1 fully saturated rings. The van der Waals surface area contributed by atoms with Crippen LogP contribution in [-0.4, -0.2) is 27.6 Å². The fourth-order valence-electron chi connectivity index (χ4n) is 2.98. The van der Waals surface area contributed by atoms with Crippen LogP contribution in [-0.2, 0) is 0 Å². The summed E-state index contributed by atoms with van der Waals surface area (Å²) in [5, 5.41) is 6.09. The van der Waals surface area contributed by atoms with E-state index in [1.54, 1.807) is 6.07 Å². The number of hydrogen-bond acceptors (Lipinski definition) is 6. The van der Waals surface area contributed by atoms with E-state index in [9.17, 15) is 4.39 Å². The van der Waals surface area contributed by atoms with E-state index in [0.29, 0.717) is 11.5 Å². The SMILES string of the molecule is Cc1nsc(N2CCC(c3noc4cc(F)ccc34)CC2)n1. The number of anilines is 1. The van der Waals surface area contributed by atoms with Crippen molar-refractivity contribution in [3.8, 4) is 0 Å². The largest absolute Gasteiger partial charge is 0.356 e. The van der Waals surface area contributed by atoms with Crippen molar-refractivity contribution in [3.63, 3.8) is 0 Å². The molecule has 0 spiro atoms. The third kappa shape index (κ3) is 2.35. The summed E-state index contributed by atoms with van der Waals surface area (Å²) in [4.78, 5) is 6.71. The maximum absolute atomic E-state index is 13.2. The van der Waals surface area contributed by atoms with Crippen LogP contribution in [0, 0.1) is 12.7 Å². The molecule has 7 heteroatoms. The summed E-state index contributed by atoms with van der Waals surface area (Å²) < 4.78 is 22.7. The topological polar surface area (TPSA) is 55.1 Å². The minimum absolute atomic E-state index is 0.295. The maximum atomic E-state index is 13.2. The number of benzene rings is 1. The van der Waals surface area contributed by atoms with E-state index in [1.807, 2.05) is 6.92 Å². The summed E-state index contributed by atoms with van der Waals surface area (Å²) in [5.74, 6) is 0.875. The Hall–Kier alpha value is -2.02. The molecule has 22 heavy (non-hydrogen) atoms. The third-order valence-electron chi connectivity index (χ3n) is 4.13. The van der Waals surface area contributed by atoms with Crippen molar-refractivity contribution in [1.29, 1.82) is 0 Å². The zero-order valence-corrected chi connectivity index (χ0v) is 12.9. The molecule has 1 aliphatic heterocycles. The lowest BCUT2D eigenvalue weighted by atomic mass is 9.92. The van der Waals surface area contributed by atoms with Crippen LogP contribution in [0.5, 0.6) is 0 Å². The van der Waals surface area contributed by atoms with Gasteiger partial charge in [0.25, 0.3) is 0 Å². The molecule has 0 aliphatic carbocycles. The van der Waals surface area contributed by atoms with Crippen molar-refractivity contribution < 1.29 is 8.91 Å². The summed E-state index contributed by atoms with van der Waals surface area (Å²) in [6.07, 6.45) is 1.97. The first-order valence-corrected chi connectivity index (χ1v) is 8.08. The van der Waals surface area contributed by atoms with Crippen LogP contribution in [0.2, 0.25) is 0 Å². The van der Waals surface area contributed by atoms with Gasteiger partial charge < -0.3 is 9.42 Å². The van der Waals surface area contributed by atoms with E-state index in [2.05, 4.69) is 19.4 Å². The van der Waals surface area contributed by atoms with Crippen LogP contribution in [0.4, 0.5) is 9.52 Å². The summed E-state index contributed by atoms with van der Waals surface area (Å²) in [7, 11) is 0. The Morgan fingerprint density at radius 3 is 2.86 bits per heavy atom. The monoisotopic (exact) mass is 318 g/mol. The summed E-state index contributed by atoms with van der Waals surface area (Å²) >= 11 is 1.45. The lowest BCUT2D eigenvalue weighted by Gasteiger charge is -2.30. The van der Waals surface area contributed by atoms with E-state index < -0.39 is 0 Å². The minimum atomic E-state index is -0.295. The molecule has 0 unspecified atom stereocenters. The molecule has 1 aliphatic rings. The van der Waals surface area contributed by atoms with E-state index in [4.69, 9.17) is 4.52 Å². The highest BCUT2D eigenvalue weighted by atomic mass is 32.1. The Morgan fingerprint density at radius 2 is 2.14 bits per heavy atom. The van der Waals surface area contributed by atoms with Gasteiger partial charge in [0.05, 0.1) is 5.69 Å². The molecular weight excluding hydrogens is 303 g/mol. The molecule has 3 heterocycles. The zero-order chi connectivity index (χ0) is 15.1. The Bertz CT molecular complexity index is 807. The van der Waals surface area contributed by atoms with Crippen molar-refractivity contribution in [1.82, 2.24) is 14.5 Å². The molecule has 2 aromatic heterocycles. The molecule has 5 nitrogen and oxygen atoms in total. The second-order valence-electron chi connectivity index (χ2n) is 5.59. The van der Waals surface area contributed by atoms with Crippen LogP contribution >= 0.6 is 11.5 Å². The van der Waals surface area contributed by atoms with Gasteiger partial charge in [0.1, 0.15) is 11.6 Å². The van der Waals surface area contributed by atoms with Gasteiger partial charge in [-0.1, -0.05) is 5.16 Å². The quantitative estimate of drug-likeness (QED) is 0.724. The summed E-state index contributed by atoms with van der Waals surface area (Å²) in [6.45, 7) is 3.76. The van der Waals surface area contributed by atoms with Crippen molar-refractivity contribution in [2.24, 2.45) is 0 Å². The molecule has 1 aromatic carbocycles. The second-order valence-corrected chi connectivity index (χ2v) is 6.32. The van der Waals surface area contributed by atoms with E-state index in [1.165, 1.54) is 23.7 Å². The first kappa shape index (κ1) is 13.6. The van der Waals surface area contributed by atoms with Crippen molar-refractivity contribution in [2.45, 2.75) is 25.7 Å². The number of rotatable bonds is 2. The van der Waals surface area contributed by atoms with Crippen molar-refractivity contribution in [3.05, 3.63) is 35.5 Å². The predicted octanol–water partition coefficient (Wildman–Crippen LogP) is 3.51. The highest BCUT2D eigenvalue weighted by Gasteiger charge is 2.26. The number of piperidine rings is 1. The van der Waals surface area contributed by atoms with Crippen molar-refractivity contribution in [2.75, 3.05) is 18.0 Å². The molecule has 0 radical (unpaired) electrons. The lowest BCUT2D eigenvalue weighted by Crippen LogP contribution is -2.32. The normalized spacial score (nSPS) is 16.5. The van der Waals surface area contributed by atoms with Gasteiger partial charge in [0.2, 0.25) is 5.13 Å². The Labute approximate surface area is 130 Å². The molecule has 0 bridgehead atoms. The van der Waals surface area contributed by atoms with Gasteiger partial charge in [-0.3, -0.25) is 0 Å². The third-order valence-corrected chi connectivity index (χ3v) is 5.00. The Morgan fingerprint density at radius 1 is 1.32 bits per heavy atom. The van der Waals surface area contributed by atoms with Crippen LogP contribution < -0.4 is 4.90 Å². The Balaban J connectivity index is 1.53. The van der Waals surface area contributed by atoms with E-state index >= 15 is 0 Å². The molecule has 1 saturated heterocycles. The fraction of sp³-hybridized carbons (Fsp3) is 0.400. The second kappa shape index (κ2) is 5.31. The molecular formula is C15H15FN4OS. The molecule has 114 valence electrons. The van der Waals surface area contributed by atoms with Crippen LogP contribution in [0.3, 0.4) is 0 Å². The number of nitrogens with zero attached hydrogens (tertiary/aromatic N) is 4. The van der Waals surface area contributed by atoms with Crippen LogP contribution in [0.1, 0.15) is 30.3 Å². The molecule has 0 amide bonds. The van der Waals surface area contributed by atoms with E-state index in [0.717, 1.165) is 48.0 Å². The lowest BCUT2D eigenvalue weighted by molar-refractivity contribution is 0.416. The van der Waals surface area contributed by atoms with Crippen molar-refractivity contribution >= 4 is 27.6 Å². The predicted molar refractivity (Wildman–Crippen MR) is 82.8 cm³/mol. The number of hydrogen-bond donors (Lipinski definition) is 0. The first-order chi connectivity index (χ1) is 10.7. The number of aromatic nitrogens is 3. The number of halogens is 1. The molecule has 0 atom stereocenters. The fourth-order valence-corrected chi connectivity index (χ4v) is 3.71. The highest BCUT2D eigenvalue weighted by Crippen LogP contribution is 2.34. The standard InChI is InChI=1S/C15H15FN4OS/c1-9-17-15(22-19-9)20-6-4-10(5-7-20)14-12-3-2-11(16)8-13(12)21-18-14/h2-3,8,10H,4-7H2,1H3. The zero-order valence-electron chi connectivity index (χ0n) is 12.1. The number of aryl methyl sites for hydroxylation is 1. The minimum Gasteiger partial charge on any atom is -0.356 e. The maximum Gasteiger partial charge on any atom is 0.205 e. The van der Waals surface area contributed by atoms with Gasteiger partial charge in [-0.15, -0.1) is 0 Å².